The zero-order valence-corrected chi connectivity index (χ0v) is 14.2. The van der Waals surface area contributed by atoms with Crippen molar-refractivity contribution in [1.82, 2.24) is 0 Å². The van der Waals surface area contributed by atoms with Crippen molar-refractivity contribution >= 4 is 5.78 Å². The number of ether oxygens (including phenoxy) is 1. The summed E-state index contributed by atoms with van der Waals surface area (Å²) in [5.41, 5.74) is 1.88. The van der Waals surface area contributed by atoms with Crippen LogP contribution in [0.1, 0.15) is 58.8 Å². The molecule has 0 aromatic heterocycles. The minimum absolute atomic E-state index is 0.0162. The van der Waals surface area contributed by atoms with E-state index in [1.165, 1.54) is 18.4 Å². The average Bonchev–Trinajstić information content (AvgIpc) is 2.82. The van der Waals surface area contributed by atoms with Crippen LogP contribution < -0.4 is 0 Å². The zero-order valence-electron chi connectivity index (χ0n) is 14.2. The summed E-state index contributed by atoms with van der Waals surface area (Å²) in [7, 11) is 1.79. The molecular weight excluding hydrogens is 272 g/mol. The Balaban J connectivity index is 1.71. The lowest BCUT2D eigenvalue weighted by molar-refractivity contribution is -0.134. The van der Waals surface area contributed by atoms with E-state index in [0.29, 0.717) is 29.0 Å². The second kappa shape index (κ2) is 4.72. The van der Waals surface area contributed by atoms with Crippen LogP contribution in [0.15, 0.2) is 23.5 Å². The highest BCUT2D eigenvalue weighted by Crippen LogP contribution is 2.65. The highest BCUT2D eigenvalue weighted by atomic mass is 16.5. The highest BCUT2D eigenvalue weighted by molar-refractivity contribution is 5.87. The fourth-order valence-corrected chi connectivity index (χ4v) is 6.26. The van der Waals surface area contributed by atoms with Crippen LogP contribution in [0.2, 0.25) is 0 Å². The van der Waals surface area contributed by atoms with Crippen LogP contribution >= 0.6 is 0 Å². The van der Waals surface area contributed by atoms with Crippen LogP contribution in [-0.2, 0) is 9.53 Å². The maximum atomic E-state index is 12.4. The number of ketones is 1. The van der Waals surface area contributed by atoms with Gasteiger partial charge in [-0.1, -0.05) is 19.9 Å². The summed E-state index contributed by atoms with van der Waals surface area (Å²) in [5.74, 6) is 3.67. The van der Waals surface area contributed by atoms with E-state index in [0.717, 1.165) is 37.9 Å². The van der Waals surface area contributed by atoms with E-state index in [9.17, 15) is 4.79 Å². The first-order valence-corrected chi connectivity index (χ1v) is 8.97. The number of hydrogen-bond acceptors (Lipinski definition) is 2. The number of carbonyl (C=O) groups excluding carboxylic acids is 1. The Kier molecular flexibility index (Phi) is 3.12. The van der Waals surface area contributed by atoms with E-state index < -0.39 is 0 Å². The minimum atomic E-state index is -0.0162. The molecule has 120 valence electrons. The molecule has 4 rings (SSSR count). The fourth-order valence-electron chi connectivity index (χ4n) is 6.26. The molecule has 0 N–H and O–H groups in total. The van der Waals surface area contributed by atoms with Gasteiger partial charge in [0.25, 0.3) is 0 Å². The Morgan fingerprint density at radius 1 is 1.14 bits per heavy atom. The van der Waals surface area contributed by atoms with Crippen LogP contribution in [0.25, 0.3) is 0 Å². The molecule has 0 bridgehead atoms. The van der Waals surface area contributed by atoms with Gasteiger partial charge in [0.2, 0.25) is 0 Å². The molecule has 0 aromatic rings. The Labute approximate surface area is 134 Å². The van der Waals surface area contributed by atoms with E-state index in [4.69, 9.17) is 4.74 Å². The SMILES string of the molecule is COC1=CC2=CC[C@H]3[C@@H]4CCC(=O)[C@@]4(C)CC[C@]3(C)[C@H]2CC1. The summed E-state index contributed by atoms with van der Waals surface area (Å²) >= 11 is 0. The van der Waals surface area contributed by atoms with Crippen molar-refractivity contribution in [2.75, 3.05) is 7.11 Å². The molecule has 4 aliphatic rings. The number of fused-ring (bicyclic) bond motifs is 5. The van der Waals surface area contributed by atoms with E-state index in [2.05, 4.69) is 26.0 Å². The predicted molar refractivity (Wildman–Crippen MR) is 87.2 cm³/mol. The van der Waals surface area contributed by atoms with E-state index in [1.807, 2.05) is 0 Å². The van der Waals surface area contributed by atoms with Gasteiger partial charge >= 0.3 is 0 Å². The molecule has 0 radical (unpaired) electrons. The summed E-state index contributed by atoms with van der Waals surface area (Å²) in [6, 6.07) is 0. The molecule has 2 saturated carbocycles. The van der Waals surface area contributed by atoms with Gasteiger partial charge in [-0.3, -0.25) is 4.79 Å². The van der Waals surface area contributed by atoms with E-state index in [1.54, 1.807) is 7.11 Å². The molecule has 2 heteroatoms. The van der Waals surface area contributed by atoms with Gasteiger partial charge in [0.1, 0.15) is 5.78 Å². The van der Waals surface area contributed by atoms with Crippen molar-refractivity contribution in [3.05, 3.63) is 23.5 Å². The molecule has 0 aromatic carbocycles. The molecular formula is C20H28O2. The van der Waals surface area contributed by atoms with Gasteiger partial charge < -0.3 is 4.74 Å². The van der Waals surface area contributed by atoms with Crippen LogP contribution in [-0.4, -0.2) is 12.9 Å². The molecule has 2 fully saturated rings. The second-order valence-electron chi connectivity index (χ2n) is 8.44. The number of methoxy groups -OCH3 is 1. The first kappa shape index (κ1) is 14.5. The Morgan fingerprint density at radius 2 is 1.95 bits per heavy atom. The molecule has 0 saturated heterocycles. The lowest BCUT2D eigenvalue weighted by atomic mass is 9.47. The smallest absolute Gasteiger partial charge is 0.139 e. The summed E-state index contributed by atoms with van der Waals surface area (Å²) in [5, 5.41) is 0. The van der Waals surface area contributed by atoms with Crippen LogP contribution in [0.3, 0.4) is 0 Å². The summed E-state index contributed by atoms with van der Waals surface area (Å²) in [4.78, 5) is 12.4. The molecule has 0 unspecified atom stereocenters. The number of rotatable bonds is 1. The monoisotopic (exact) mass is 300 g/mol. The van der Waals surface area contributed by atoms with Crippen molar-refractivity contribution in [1.29, 1.82) is 0 Å². The molecule has 22 heavy (non-hydrogen) atoms. The predicted octanol–water partition coefficient (Wildman–Crippen LogP) is 4.66. The van der Waals surface area contributed by atoms with E-state index in [-0.39, 0.29) is 5.41 Å². The molecule has 2 nitrogen and oxygen atoms in total. The van der Waals surface area contributed by atoms with Gasteiger partial charge in [-0.05, 0) is 66.9 Å². The lowest BCUT2D eigenvalue weighted by Gasteiger charge is -2.57. The molecule has 5 atom stereocenters. The number of allylic oxidation sites excluding steroid dienone is 4. The number of hydrogen-bond donors (Lipinski definition) is 0. The van der Waals surface area contributed by atoms with E-state index >= 15 is 0 Å². The average molecular weight is 300 g/mol. The fraction of sp³-hybridized carbons (Fsp3) is 0.750. The molecule has 0 heterocycles. The van der Waals surface area contributed by atoms with Crippen molar-refractivity contribution in [3.63, 3.8) is 0 Å². The third kappa shape index (κ3) is 1.76. The third-order valence-electron chi connectivity index (χ3n) is 7.73. The highest BCUT2D eigenvalue weighted by Gasteiger charge is 2.59. The molecule has 0 aliphatic heterocycles. The Bertz CT molecular complexity index is 572. The minimum Gasteiger partial charge on any atom is -0.501 e. The van der Waals surface area contributed by atoms with Gasteiger partial charge in [0.15, 0.2) is 0 Å². The van der Waals surface area contributed by atoms with Crippen molar-refractivity contribution < 1.29 is 9.53 Å². The van der Waals surface area contributed by atoms with Crippen LogP contribution in [0.5, 0.6) is 0 Å². The lowest BCUT2D eigenvalue weighted by Crippen LogP contribution is -2.51. The van der Waals surface area contributed by atoms with Gasteiger partial charge in [-0.25, -0.2) is 0 Å². The van der Waals surface area contributed by atoms with Crippen molar-refractivity contribution in [2.45, 2.75) is 58.8 Å². The van der Waals surface area contributed by atoms with Crippen molar-refractivity contribution in [3.8, 4) is 0 Å². The van der Waals surface area contributed by atoms with Gasteiger partial charge in [0, 0.05) is 18.3 Å². The normalized spacial score (nSPS) is 47.0. The Morgan fingerprint density at radius 3 is 2.73 bits per heavy atom. The largest absolute Gasteiger partial charge is 0.501 e. The number of Topliss-reactive ketones (excluding diaryl/α,β-unsaturated/α-hetero) is 1. The van der Waals surface area contributed by atoms with Gasteiger partial charge in [0.05, 0.1) is 12.9 Å². The molecule has 4 aliphatic carbocycles. The first-order chi connectivity index (χ1) is 10.5. The van der Waals surface area contributed by atoms with Crippen LogP contribution in [0, 0.1) is 28.6 Å². The zero-order chi connectivity index (χ0) is 15.5. The number of carbonyl (C=O) groups is 1. The van der Waals surface area contributed by atoms with Gasteiger partial charge in [-0.2, -0.15) is 0 Å². The summed E-state index contributed by atoms with van der Waals surface area (Å²) in [6.07, 6.45) is 12.5. The van der Waals surface area contributed by atoms with Gasteiger partial charge in [-0.15, -0.1) is 0 Å². The maximum absolute atomic E-state index is 12.4. The maximum Gasteiger partial charge on any atom is 0.139 e. The third-order valence-corrected chi connectivity index (χ3v) is 7.73. The Hall–Kier alpha value is -1.05. The van der Waals surface area contributed by atoms with Crippen LogP contribution in [0.4, 0.5) is 0 Å². The summed E-state index contributed by atoms with van der Waals surface area (Å²) in [6.45, 7) is 4.78. The molecule has 0 amide bonds. The standard InChI is InChI=1S/C20H28O2/c1-19-10-11-20(2)17(8-9-18(20)21)16(19)6-4-13-12-14(22-3)5-7-15(13)19/h4,12,15-17H,5-11H2,1-3H3/t15-,16-,17-,19+,20-/m0/s1. The first-order valence-electron chi connectivity index (χ1n) is 8.97. The van der Waals surface area contributed by atoms with Crippen molar-refractivity contribution in [2.24, 2.45) is 28.6 Å². The second-order valence-corrected chi connectivity index (χ2v) is 8.44. The molecule has 0 spiro atoms. The summed E-state index contributed by atoms with van der Waals surface area (Å²) < 4.78 is 5.48. The quantitative estimate of drug-likeness (QED) is 0.704. The topological polar surface area (TPSA) is 26.3 Å².